The van der Waals surface area contributed by atoms with Gasteiger partial charge >= 0.3 is 0 Å². The zero-order valence-electron chi connectivity index (χ0n) is 11.9. The van der Waals surface area contributed by atoms with Crippen LogP contribution in [-0.4, -0.2) is 22.9 Å². The summed E-state index contributed by atoms with van der Waals surface area (Å²) in [6, 6.07) is 7.76. The second kappa shape index (κ2) is 6.34. The molecule has 3 N–H and O–H groups in total. The molecule has 5 nitrogen and oxygen atoms in total. The molecule has 0 aliphatic carbocycles. The fourth-order valence-electron chi connectivity index (χ4n) is 2.00. The van der Waals surface area contributed by atoms with E-state index in [-0.39, 0.29) is 5.56 Å². The standard InChI is InChI=1S/C15H20N4O/c1-11-3-4-12(2)13(7-11)10-19-15(20)8-14(9-18-19)17-6-5-16/h3-4,7-9,17H,5-6,10,16H2,1-2H3. The molecule has 0 bridgehead atoms. The maximum atomic E-state index is 12.0. The van der Waals surface area contributed by atoms with Crippen molar-refractivity contribution < 1.29 is 0 Å². The zero-order chi connectivity index (χ0) is 14.5. The molecule has 5 heteroatoms. The number of aryl methyl sites for hydroxylation is 2. The minimum absolute atomic E-state index is 0.118. The highest BCUT2D eigenvalue weighted by atomic mass is 16.1. The maximum absolute atomic E-state index is 12.0. The second-order valence-electron chi connectivity index (χ2n) is 4.89. The Morgan fingerprint density at radius 2 is 2.10 bits per heavy atom. The number of nitrogens with two attached hydrogens (primary N) is 1. The van der Waals surface area contributed by atoms with Gasteiger partial charge in [0.2, 0.25) is 0 Å². The maximum Gasteiger partial charge on any atom is 0.269 e. The molecule has 2 rings (SSSR count). The van der Waals surface area contributed by atoms with Gasteiger partial charge < -0.3 is 11.1 Å². The summed E-state index contributed by atoms with van der Waals surface area (Å²) in [6.07, 6.45) is 1.65. The third kappa shape index (κ3) is 3.45. The predicted molar refractivity (Wildman–Crippen MR) is 81.1 cm³/mol. The van der Waals surface area contributed by atoms with Crippen LogP contribution in [0.25, 0.3) is 0 Å². The lowest BCUT2D eigenvalue weighted by Crippen LogP contribution is -2.24. The van der Waals surface area contributed by atoms with Crippen LogP contribution >= 0.6 is 0 Å². The largest absolute Gasteiger partial charge is 0.382 e. The Morgan fingerprint density at radius 1 is 1.30 bits per heavy atom. The normalized spacial score (nSPS) is 10.6. The van der Waals surface area contributed by atoms with Crippen LogP contribution < -0.4 is 16.6 Å². The second-order valence-corrected chi connectivity index (χ2v) is 4.89. The molecule has 0 fully saturated rings. The fraction of sp³-hybridized carbons (Fsp3) is 0.333. The molecule has 0 amide bonds. The van der Waals surface area contributed by atoms with Gasteiger partial charge in [0.1, 0.15) is 0 Å². The van der Waals surface area contributed by atoms with E-state index in [9.17, 15) is 4.79 Å². The first kappa shape index (κ1) is 14.3. The van der Waals surface area contributed by atoms with E-state index in [4.69, 9.17) is 5.73 Å². The minimum Gasteiger partial charge on any atom is -0.382 e. The van der Waals surface area contributed by atoms with Crippen molar-refractivity contribution in [1.82, 2.24) is 9.78 Å². The Morgan fingerprint density at radius 3 is 2.80 bits per heavy atom. The smallest absolute Gasteiger partial charge is 0.269 e. The van der Waals surface area contributed by atoms with Crippen LogP contribution in [0.1, 0.15) is 16.7 Å². The molecule has 0 atom stereocenters. The third-order valence-electron chi connectivity index (χ3n) is 3.17. The van der Waals surface area contributed by atoms with Crippen molar-refractivity contribution in [1.29, 1.82) is 0 Å². The molecule has 1 heterocycles. The average molecular weight is 272 g/mol. The van der Waals surface area contributed by atoms with E-state index in [1.807, 2.05) is 13.8 Å². The molecule has 1 aromatic heterocycles. The van der Waals surface area contributed by atoms with E-state index in [0.29, 0.717) is 25.3 Å². The summed E-state index contributed by atoms with van der Waals surface area (Å²) >= 11 is 0. The van der Waals surface area contributed by atoms with Crippen LogP contribution in [0.3, 0.4) is 0 Å². The monoisotopic (exact) mass is 272 g/mol. The molecule has 20 heavy (non-hydrogen) atoms. The van der Waals surface area contributed by atoms with Crippen molar-refractivity contribution in [3.05, 3.63) is 57.5 Å². The Balaban J connectivity index is 2.21. The van der Waals surface area contributed by atoms with Gasteiger partial charge in [-0.3, -0.25) is 4.79 Å². The molecule has 0 aliphatic rings. The van der Waals surface area contributed by atoms with E-state index >= 15 is 0 Å². The summed E-state index contributed by atoms with van der Waals surface area (Å²) < 4.78 is 1.47. The Bertz CT molecular complexity index is 649. The molecule has 0 radical (unpaired) electrons. The van der Waals surface area contributed by atoms with Crippen LogP contribution in [0, 0.1) is 13.8 Å². The lowest BCUT2D eigenvalue weighted by Gasteiger charge is -2.10. The van der Waals surface area contributed by atoms with Gasteiger partial charge in [0.05, 0.1) is 18.4 Å². The summed E-state index contributed by atoms with van der Waals surface area (Å²) in [5, 5.41) is 7.24. The molecule has 106 valence electrons. The van der Waals surface area contributed by atoms with Crippen molar-refractivity contribution >= 4 is 5.69 Å². The SMILES string of the molecule is Cc1ccc(C)c(Cn2ncc(NCCN)cc2=O)c1. The summed E-state index contributed by atoms with van der Waals surface area (Å²) in [7, 11) is 0. The van der Waals surface area contributed by atoms with E-state index in [1.54, 1.807) is 12.3 Å². The number of rotatable bonds is 5. The van der Waals surface area contributed by atoms with E-state index in [1.165, 1.54) is 10.2 Å². The van der Waals surface area contributed by atoms with Gasteiger partial charge in [-0.2, -0.15) is 5.10 Å². The number of anilines is 1. The first-order chi connectivity index (χ1) is 9.60. The third-order valence-corrected chi connectivity index (χ3v) is 3.17. The van der Waals surface area contributed by atoms with E-state index < -0.39 is 0 Å². The van der Waals surface area contributed by atoms with E-state index in [0.717, 1.165) is 11.1 Å². The predicted octanol–water partition coefficient (Wildman–Crippen LogP) is 1.28. The molecule has 0 saturated carbocycles. The number of benzene rings is 1. The molecular weight excluding hydrogens is 252 g/mol. The summed E-state index contributed by atoms with van der Waals surface area (Å²) in [4.78, 5) is 12.0. The number of hydrogen-bond donors (Lipinski definition) is 2. The lowest BCUT2D eigenvalue weighted by molar-refractivity contribution is 0.637. The summed E-state index contributed by atoms with van der Waals surface area (Å²) in [5.41, 5.74) is 9.45. The molecule has 1 aromatic carbocycles. The minimum atomic E-state index is -0.118. The topological polar surface area (TPSA) is 72.9 Å². The number of nitrogens with one attached hydrogen (secondary N) is 1. The van der Waals surface area contributed by atoms with Gasteiger partial charge in [-0.1, -0.05) is 23.8 Å². The Labute approximate surface area is 118 Å². The van der Waals surface area contributed by atoms with Crippen molar-refractivity contribution in [2.75, 3.05) is 18.4 Å². The quantitative estimate of drug-likeness (QED) is 0.860. The molecular formula is C15H20N4O. The first-order valence-electron chi connectivity index (χ1n) is 6.67. The van der Waals surface area contributed by atoms with Gasteiger partial charge in [0.25, 0.3) is 5.56 Å². The Kier molecular flexibility index (Phi) is 4.53. The van der Waals surface area contributed by atoms with Crippen molar-refractivity contribution in [3.63, 3.8) is 0 Å². The van der Waals surface area contributed by atoms with E-state index in [2.05, 4.69) is 28.6 Å². The van der Waals surface area contributed by atoms with Crippen LogP contribution in [0.4, 0.5) is 5.69 Å². The van der Waals surface area contributed by atoms with Crippen molar-refractivity contribution in [2.24, 2.45) is 5.73 Å². The molecule has 0 saturated heterocycles. The zero-order valence-corrected chi connectivity index (χ0v) is 11.9. The highest BCUT2D eigenvalue weighted by molar-refractivity contribution is 5.39. The molecule has 0 unspecified atom stereocenters. The fourth-order valence-corrected chi connectivity index (χ4v) is 2.00. The van der Waals surface area contributed by atoms with Crippen LogP contribution in [0.2, 0.25) is 0 Å². The van der Waals surface area contributed by atoms with Gasteiger partial charge in [0, 0.05) is 19.2 Å². The lowest BCUT2D eigenvalue weighted by atomic mass is 10.1. The van der Waals surface area contributed by atoms with Gasteiger partial charge in [-0.15, -0.1) is 0 Å². The average Bonchev–Trinajstić information content (AvgIpc) is 2.43. The van der Waals surface area contributed by atoms with Crippen LogP contribution in [-0.2, 0) is 6.54 Å². The van der Waals surface area contributed by atoms with Crippen molar-refractivity contribution in [2.45, 2.75) is 20.4 Å². The van der Waals surface area contributed by atoms with Crippen LogP contribution in [0.15, 0.2) is 35.3 Å². The highest BCUT2D eigenvalue weighted by Crippen LogP contribution is 2.11. The molecule has 0 spiro atoms. The van der Waals surface area contributed by atoms with Crippen LogP contribution in [0.5, 0.6) is 0 Å². The Hall–Kier alpha value is -2.14. The van der Waals surface area contributed by atoms with Gasteiger partial charge in [-0.25, -0.2) is 4.68 Å². The van der Waals surface area contributed by atoms with Gasteiger partial charge in [-0.05, 0) is 25.0 Å². The number of aromatic nitrogens is 2. The number of nitrogens with zero attached hydrogens (tertiary/aromatic N) is 2. The van der Waals surface area contributed by atoms with Gasteiger partial charge in [0.15, 0.2) is 0 Å². The molecule has 0 aliphatic heterocycles. The summed E-state index contributed by atoms with van der Waals surface area (Å²) in [5.74, 6) is 0. The molecule has 2 aromatic rings. The number of hydrogen-bond acceptors (Lipinski definition) is 4. The van der Waals surface area contributed by atoms with Crippen molar-refractivity contribution in [3.8, 4) is 0 Å². The summed E-state index contributed by atoms with van der Waals surface area (Å²) in [6.45, 7) is 5.72. The highest BCUT2D eigenvalue weighted by Gasteiger charge is 2.04. The first-order valence-corrected chi connectivity index (χ1v) is 6.67.